The largest absolute Gasteiger partial charge is 0.310 e. The zero-order chi connectivity index (χ0) is 25.7. The number of nitrogens with zero attached hydrogens (tertiary/aromatic N) is 1. The molecule has 0 atom stereocenters. The number of hydrogen-bond acceptors (Lipinski definition) is 1. The van der Waals surface area contributed by atoms with Gasteiger partial charge in [-0.3, -0.25) is 0 Å². The molecule has 0 saturated heterocycles. The molecule has 6 aromatic carbocycles. The highest BCUT2D eigenvalue weighted by molar-refractivity contribution is 5.99. The van der Waals surface area contributed by atoms with Crippen molar-refractivity contribution in [2.24, 2.45) is 0 Å². The van der Waals surface area contributed by atoms with E-state index in [-0.39, 0.29) is 5.41 Å². The molecule has 1 heteroatoms. The van der Waals surface area contributed by atoms with Crippen LogP contribution in [0, 0.1) is 0 Å². The molecule has 0 aromatic heterocycles. The van der Waals surface area contributed by atoms with Crippen molar-refractivity contribution >= 4 is 27.8 Å². The first kappa shape index (κ1) is 22.6. The first-order valence-electron chi connectivity index (χ1n) is 13.3. The molecule has 6 aromatic rings. The second-order valence-corrected chi connectivity index (χ2v) is 10.6. The fraction of sp³-hybridized carbons (Fsp3) is 0.0811. The molecule has 0 N–H and O–H groups in total. The Morgan fingerprint density at radius 3 is 1.84 bits per heavy atom. The maximum absolute atomic E-state index is 2.36. The summed E-state index contributed by atoms with van der Waals surface area (Å²) in [6.07, 6.45) is 0. The zero-order valence-corrected chi connectivity index (χ0v) is 21.7. The van der Waals surface area contributed by atoms with Crippen LogP contribution in [0.1, 0.15) is 25.0 Å². The Hall–Kier alpha value is -4.62. The van der Waals surface area contributed by atoms with Crippen molar-refractivity contribution in [2.75, 3.05) is 4.90 Å². The lowest BCUT2D eigenvalue weighted by Gasteiger charge is -2.27. The van der Waals surface area contributed by atoms with Crippen LogP contribution in [-0.4, -0.2) is 0 Å². The first-order chi connectivity index (χ1) is 18.6. The quantitative estimate of drug-likeness (QED) is 0.239. The summed E-state index contributed by atoms with van der Waals surface area (Å²) >= 11 is 0. The second kappa shape index (κ2) is 8.75. The highest BCUT2D eigenvalue weighted by Crippen LogP contribution is 2.51. The van der Waals surface area contributed by atoms with Crippen LogP contribution in [0.4, 0.5) is 17.1 Å². The third-order valence-corrected chi connectivity index (χ3v) is 8.02. The van der Waals surface area contributed by atoms with Crippen LogP contribution in [0.5, 0.6) is 0 Å². The average molecular weight is 488 g/mol. The van der Waals surface area contributed by atoms with Crippen molar-refractivity contribution in [1.29, 1.82) is 0 Å². The molecule has 38 heavy (non-hydrogen) atoms. The van der Waals surface area contributed by atoms with Gasteiger partial charge in [0.2, 0.25) is 0 Å². The number of hydrogen-bond donors (Lipinski definition) is 0. The van der Waals surface area contributed by atoms with E-state index in [2.05, 4.69) is 158 Å². The van der Waals surface area contributed by atoms with Gasteiger partial charge in [0.25, 0.3) is 0 Å². The Morgan fingerprint density at radius 2 is 1.08 bits per heavy atom. The third kappa shape index (κ3) is 3.55. The minimum absolute atomic E-state index is 0.0284. The van der Waals surface area contributed by atoms with Crippen LogP contribution in [0.25, 0.3) is 33.0 Å². The summed E-state index contributed by atoms with van der Waals surface area (Å²) in [5, 5.41) is 2.60. The van der Waals surface area contributed by atoms with E-state index < -0.39 is 0 Å². The van der Waals surface area contributed by atoms with Gasteiger partial charge < -0.3 is 4.90 Å². The predicted molar refractivity (Wildman–Crippen MR) is 162 cm³/mol. The van der Waals surface area contributed by atoms with Gasteiger partial charge in [-0.2, -0.15) is 0 Å². The highest BCUT2D eigenvalue weighted by Gasteiger charge is 2.36. The maximum Gasteiger partial charge on any atom is 0.0468 e. The van der Waals surface area contributed by atoms with E-state index in [9.17, 15) is 0 Å². The van der Waals surface area contributed by atoms with Gasteiger partial charge in [-0.25, -0.2) is 0 Å². The monoisotopic (exact) mass is 487 g/mol. The molecule has 0 fully saturated rings. The SMILES string of the molecule is CC1(C)c2ccccc2-c2ccc3cc(N(c4ccccc4)c4ccc(-c5ccccc5)cc4)ccc3c21. The standard InChI is InChI=1S/C37H29N/c1-37(2)35-16-10-9-15-33(35)34-23-19-28-25-31(22-24-32(28)36(34)37)38(29-13-7-4-8-14-29)30-20-17-27(18-21-30)26-11-5-3-6-12-26/h3-25H,1-2H3. The summed E-state index contributed by atoms with van der Waals surface area (Å²) in [5.41, 5.74) is 11.4. The lowest BCUT2D eigenvalue weighted by atomic mass is 9.80. The summed E-state index contributed by atoms with van der Waals surface area (Å²) in [5.74, 6) is 0. The van der Waals surface area contributed by atoms with Crippen molar-refractivity contribution in [2.45, 2.75) is 19.3 Å². The predicted octanol–water partition coefficient (Wildman–Crippen LogP) is 10.3. The van der Waals surface area contributed by atoms with Gasteiger partial charge >= 0.3 is 0 Å². The molecule has 1 aliphatic rings. The number of rotatable bonds is 4. The fourth-order valence-corrected chi connectivity index (χ4v) is 6.21. The minimum atomic E-state index is -0.0284. The fourth-order valence-electron chi connectivity index (χ4n) is 6.21. The average Bonchev–Trinajstić information content (AvgIpc) is 3.21. The molecular weight excluding hydrogens is 458 g/mol. The summed E-state index contributed by atoms with van der Waals surface area (Å²) < 4.78 is 0. The summed E-state index contributed by atoms with van der Waals surface area (Å²) in [6.45, 7) is 4.71. The van der Waals surface area contributed by atoms with Crippen molar-refractivity contribution in [3.8, 4) is 22.3 Å². The second-order valence-electron chi connectivity index (χ2n) is 10.6. The van der Waals surface area contributed by atoms with Crippen molar-refractivity contribution in [1.82, 2.24) is 0 Å². The summed E-state index contributed by atoms with van der Waals surface area (Å²) in [6, 6.07) is 50.5. The molecular formula is C37H29N. The molecule has 0 saturated carbocycles. The van der Waals surface area contributed by atoms with Crippen LogP contribution in [-0.2, 0) is 5.41 Å². The molecule has 0 unspecified atom stereocenters. The lowest BCUT2D eigenvalue weighted by Crippen LogP contribution is -2.15. The number of fused-ring (bicyclic) bond motifs is 5. The topological polar surface area (TPSA) is 3.24 Å². The van der Waals surface area contributed by atoms with Gasteiger partial charge in [0.1, 0.15) is 0 Å². The molecule has 1 nitrogen and oxygen atoms in total. The van der Waals surface area contributed by atoms with Crippen molar-refractivity contribution < 1.29 is 0 Å². The van der Waals surface area contributed by atoms with Gasteiger partial charge in [0.15, 0.2) is 0 Å². The van der Waals surface area contributed by atoms with Gasteiger partial charge in [-0.1, -0.05) is 117 Å². The van der Waals surface area contributed by atoms with Crippen molar-refractivity contribution in [3.05, 3.63) is 151 Å². The van der Waals surface area contributed by atoms with Crippen LogP contribution < -0.4 is 4.90 Å². The maximum atomic E-state index is 2.36. The molecule has 0 spiro atoms. The Balaban J connectivity index is 1.36. The molecule has 0 amide bonds. The van der Waals surface area contributed by atoms with Crippen molar-refractivity contribution in [3.63, 3.8) is 0 Å². The van der Waals surface area contributed by atoms with E-state index in [4.69, 9.17) is 0 Å². The number of para-hydroxylation sites is 1. The Morgan fingerprint density at radius 1 is 0.474 bits per heavy atom. The van der Waals surface area contributed by atoms with Gasteiger partial charge in [-0.05, 0) is 80.6 Å². The summed E-state index contributed by atoms with van der Waals surface area (Å²) in [4.78, 5) is 2.35. The van der Waals surface area contributed by atoms with E-state index in [1.807, 2.05) is 0 Å². The van der Waals surface area contributed by atoms with Gasteiger partial charge in [-0.15, -0.1) is 0 Å². The lowest BCUT2D eigenvalue weighted by molar-refractivity contribution is 0.666. The van der Waals surface area contributed by atoms with Crippen LogP contribution in [0.15, 0.2) is 140 Å². The van der Waals surface area contributed by atoms with E-state index in [1.54, 1.807) is 0 Å². The van der Waals surface area contributed by atoms with Crippen LogP contribution in [0.2, 0.25) is 0 Å². The summed E-state index contributed by atoms with van der Waals surface area (Å²) in [7, 11) is 0. The molecule has 1 aliphatic carbocycles. The van der Waals surface area contributed by atoms with E-state index in [1.165, 1.54) is 44.2 Å². The number of benzene rings is 6. The third-order valence-electron chi connectivity index (χ3n) is 8.02. The molecule has 182 valence electrons. The number of anilines is 3. The first-order valence-corrected chi connectivity index (χ1v) is 13.3. The minimum Gasteiger partial charge on any atom is -0.310 e. The smallest absolute Gasteiger partial charge is 0.0468 e. The Bertz CT molecular complexity index is 1760. The molecule has 0 radical (unpaired) electrons. The van der Waals surface area contributed by atoms with Crippen LogP contribution in [0.3, 0.4) is 0 Å². The van der Waals surface area contributed by atoms with E-state index in [0.29, 0.717) is 0 Å². The van der Waals surface area contributed by atoms with Gasteiger partial charge in [0, 0.05) is 22.5 Å². The Kier molecular flexibility index (Phi) is 5.19. The van der Waals surface area contributed by atoms with Gasteiger partial charge in [0.05, 0.1) is 0 Å². The molecule has 0 bridgehead atoms. The zero-order valence-electron chi connectivity index (χ0n) is 21.7. The Labute approximate surface area is 224 Å². The van der Waals surface area contributed by atoms with Crippen LogP contribution >= 0.6 is 0 Å². The van der Waals surface area contributed by atoms with E-state index in [0.717, 1.165) is 17.1 Å². The van der Waals surface area contributed by atoms with E-state index >= 15 is 0 Å². The molecule has 7 rings (SSSR count). The molecule has 0 heterocycles. The molecule has 0 aliphatic heterocycles. The normalized spacial score (nSPS) is 13.2. The highest BCUT2D eigenvalue weighted by atomic mass is 15.1.